The number of halogens is 5. The van der Waals surface area contributed by atoms with E-state index >= 15 is 0 Å². The summed E-state index contributed by atoms with van der Waals surface area (Å²) in [6.07, 6.45) is 1.71. The van der Waals surface area contributed by atoms with Crippen molar-refractivity contribution in [3.63, 3.8) is 0 Å². The van der Waals surface area contributed by atoms with E-state index in [9.17, 15) is 9.59 Å². The van der Waals surface area contributed by atoms with E-state index in [1.165, 1.54) is 16.7 Å². The number of aliphatic imine (C=N–C) groups is 1. The van der Waals surface area contributed by atoms with E-state index in [4.69, 9.17) is 56.1 Å². The van der Waals surface area contributed by atoms with Crippen LogP contribution in [0.1, 0.15) is 5.56 Å². The van der Waals surface area contributed by atoms with Crippen LogP contribution in [0, 0.1) is 0 Å². The van der Waals surface area contributed by atoms with Crippen molar-refractivity contribution in [1.82, 2.24) is 0 Å². The van der Waals surface area contributed by atoms with E-state index < -0.39 is 5.91 Å². The van der Waals surface area contributed by atoms with Crippen LogP contribution in [0.15, 0.2) is 99.3 Å². The highest BCUT2D eigenvalue weighted by Crippen LogP contribution is 2.39. The van der Waals surface area contributed by atoms with Gasteiger partial charge in [0.25, 0.3) is 11.8 Å². The van der Waals surface area contributed by atoms with Crippen LogP contribution >= 0.6 is 74.1 Å². The smallest absolute Gasteiger partial charge is 0.271 e. The van der Waals surface area contributed by atoms with Crippen LogP contribution in [0.25, 0.3) is 6.08 Å². The van der Waals surface area contributed by atoms with Crippen molar-refractivity contribution in [3.8, 4) is 5.75 Å². The SMILES string of the molecule is O=C(COc1ccc(Br)cc1/C=C1/SC(=Nc2ccc(Cl)cc2)N(c2ccc(Cl)cc2)C1=O)Nc1ccc(Cl)c(Cl)c1. The molecule has 0 radical (unpaired) electrons. The number of nitrogens with one attached hydrogen (secondary N) is 1. The molecule has 4 aromatic carbocycles. The number of thioether (sulfide) groups is 1. The number of hydrogen-bond acceptors (Lipinski definition) is 5. The zero-order valence-corrected chi connectivity index (χ0v) is 26.7. The Bertz CT molecular complexity index is 1730. The van der Waals surface area contributed by atoms with E-state index in [0.717, 1.165) is 4.47 Å². The Kier molecular flexibility index (Phi) is 9.83. The van der Waals surface area contributed by atoms with E-state index in [1.807, 2.05) is 0 Å². The van der Waals surface area contributed by atoms with Crippen molar-refractivity contribution in [2.45, 2.75) is 0 Å². The summed E-state index contributed by atoms with van der Waals surface area (Å²) in [5.41, 5.74) is 2.32. The molecule has 0 aromatic heterocycles. The normalized spacial score (nSPS) is 15.0. The van der Waals surface area contributed by atoms with E-state index in [0.29, 0.717) is 58.5 Å². The molecule has 0 bridgehead atoms. The molecule has 0 unspecified atom stereocenters. The lowest BCUT2D eigenvalue weighted by Crippen LogP contribution is -2.28. The number of rotatable bonds is 7. The molecule has 1 heterocycles. The van der Waals surface area contributed by atoms with E-state index in [2.05, 4.69) is 21.2 Å². The van der Waals surface area contributed by atoms with Crippen LogP contribution < -0.4 is 15.0 Å². The number of nitrogens with zero attached hydrogens (tertiary/aromatic N) is 2. The Hall–Kier alpha value is -2.98. The van der Waals surface area contributed by atoms with Gasteiger partial charge in [-0.25, -0.2) is 4.99 Å². The third-order valence-electron chi connectivity index (χ3n) is 5.76. The van der Waals surface area contributed by atoms with E-state index in [1.54, 1.807) is 91.0 Å². The molecule has 2 amide bonds. The Labute approximate surface area is 274 Å². The lowest BCUT2D eigenvalue weighted by molar-refractivity contribution is -0.118. The first-order valence-electron chi connectivity index (χ1n) is 12.2. The minimum atomic E-state index is -0.396. The lowest BCUT2D eigenvalue weighted by atomic mass is 10.2. The van der Waals surface area contributed by atoms with Crippen LogP contribution in [0.4, 0.5) is 17.1 Å². The molecule has 0 saturated carbocycles. The molecule has 6 nitrogen and oxygen atoms in total. The highest BCUT2D eigenvalue weighted by atomic mass is 79.9. The minimum Gasteiger partial charge on any atom is -0.483 e. The molecule has 0 spiro atoms. The summed E-state index contributed by atoms with van der Waals surface area (Å²) in [6, 6.07) is 24.0. The monoisotopic (exact) mass is 719 g/mol. The quantitative estimate of drug-likeness (QED) is 0.193. The van der Waals surface area contributed by atoms with Gasteiger partial charge in [0, 0.05) is 25.8 Å². The topological polar surface area (TPSA) is 71.0 Å². The molecule has 212 valence electrons. The second-order valence-corrected chi connectivity index (χ2v) is 12.4. The third kappa shape index (κ3) is 7.50. The molecule has 4 aromatic rings. The molecule has 1 saturated heterocycles. The van der Waals surface area contributed by atoms with Gasteiger partial charge in [0.15, 0.2) is 11.8 Å². The van der Waals surface area contributed by atoms with Crippen LogP contribution in [-0.2, 0) is 9.59 Å². The molecule has 5 rings (SSSR count). The Balaban J connectivity index is 1.42. The fraction of sp³-hybridized carbons (Fsp3) is 0.0333. The number of carbonyl (C=O) groups excluding carboxylic acids is 2. The number of ether oxygens (including phenoxy) is 1. The Morgan fingerprint density at radius 1 is 0.905 bits per heavy atom. The molecular formula is C30H18BrCl4N3O3S. The number of amidine groups is 1. The van der Waals surface area contributed by atoms with Gasteiger partial charge < -0.3 is 10.1 Å². The fourth-order valence-corrected chi connectivity index (χ4v) is 5.73. The highest BCUT2D eigenvalue weighted by molar-refractivity contribution is 9.10. The van der Waals surface area contributed by atoms with Gasteiger partial charge in [0.1, 0.15) is 5.75 Å². The average Bonchev–Trinajstić information content (AvgIpc) is 3.26. The summed E-state index contributed by atoms with van der Waals surface area (Å²) in [4.78, 5) is 33.0. The van der Waals surface area contributed by atoms with Crippen molar-refractivity contribution in [2.75, 3.05) is 16.8 Å². The molecule has 1 aliphatic rings. The van der Waals surface area contributed by atoms with Crippen molar-refractivity contribution in [1.29, 1.82) is 0 Å². The number of hydrogen-bond donors (Lipinski definition) is 1. The first kappa shape index (κ1) is 30.5. The minimum absolute atomic E-state index is 0.278. The number of amides is 2. The highest BCUT2D eigenvalue weighted by Gasteiger charge is 2.35. The predicted molar refractivity (Wildman–Crippen MR) is 178 cm³/mol. The zero-order chi connectivity index (χ0) is 29.8. The number of carbonyl (C=O) groups is 2. The first-order valence-corrected chi connectivity index (χ1v) is 15.3. The molecule has 12 heteroatoms. The van der Waals surface area contributed by atoms with Crippen molar-refractivity contribution in [3.05, 3.63) is 120 Å². The van der Waals surface area contributed by atoms with Gasteiger partial charge in [-0.15, -0.1) is 0 Å². The first-order chi connectivity index (χ1) is 20.2. The van der Waals surface area contributed by atoms with Gasteiger partial charge in [0.05, 0.1) is 26.3 Å². The maximum absolute atomic E-state index is 13.7. The second kappa shape index (κ2) is 13.5. The van der Waals surface area contributed by atoms with Crippen molar-refractivity contribution in [2.24, 2.45) is 4.99 Å². The number of anilines is 2. The molecule has 0 aliphatic carbocycles. The largest absolute Gasteiger partial charge is 0.483 e. The maximum Gasteiger partial charge on any atom is 0.271 e. The van der Waals surface area contributed by atoms with Crippen molar-refractivity contribution >= 4 is 114 Å². The molecular weight excluding hydrogens is 704 g/mol. The standard InChI is InChI=1S/C30H18BrCl4N3O3S/c31-18-1-12-26(41-16-28(39)36-22-8-11-24(34)25(35)15-22)17(13-18)14-27-29(40)38(23-9-4-20(33)5-10-23)30(42-27)37-21-6-2-19(32)3-7-21/h1-15H,16H2,(H,36,39)/b27-14+,37-30?. The summed E-state index contributed by atoms with van der Waals surface area (Å²) in [7, 11) is 0. The van der Waals surface area contributed by atoms with Crippen LogP contribution in [-0.4, -0.2) is 23.6 Å². The maximum atomic E-state index is 13.7. The predicted octanol–water partition coefficient (Wildman–Crippen LogP) is 9.89. The summed E-state index contributed by atoms with van der Waals surface area (Å²) in [5, 5.41) is 5.01. The molecule has 1 aliphatic heterocycles. The fourth-order valence-electron chi connectivity index (χ4n) is 3.81. The van der Waals surface area contributed by atoms with Crippen LogP contribution in [0.2, 0.25) is 20.1 Å². The van der Waals surface area contributed by atoms with Gasteiger partial charge in [-0.05, 0) is 103 Å². The van der Waals surface area contributed by atoms with Crippen LogP contribution in [0.3, 0.4) is 0 Å². The second-order valence-electron chi connectivity index (χ2n) is 8.75. The Morgan fingerprint density at radius 3 is 2.29 bits per heavy atom. The molecule has 1 N–H and O–H groups in total. The lowest BCUT2D eigenvalue weighted by Gasteiger charge is -2.15. The van der Waals surface area contributed by atoms with Gasteiger partial charge in [-0.1, -0.05) is 62.3 Å². The Morgan fingerprint density at radius 2 is 1.60 bits per heavy atom. The van der Waals surface area contributed by atoms with Crippen LogP contribution in [0.5, 0.6) is 5.75 Å². The molecule has 42 heavy (non-hydrogen) atoms. The summed E-state index contributed by atoms with van der Waals surface area (Å²) in [6.45, 7) is -0.278. The zero-order valence-electron chi connectivity index (χ0n) is 21.3. The molecule has 0 atom stereocenters. The summed E-state index contributed by atoms with van der Waals surface area (Å²) < 4.78 is 6.62. The van der Waals surface area contributed by atoms with E-state index in [-0.39, 0.29) is 12.5 Å². The van der Waals surface area contributed by atoms with Gasteiger partial charge in [0.2, 0.25) is 0 Å². The van der Waals surface area contributed by atoms with Gasteiger partial charge >= 0.3 is 0 Å². The molecule has 1 fully saturated rings. The van der Waals surface area contributed by atoms with Gasteiger partial charge in [-0.2, -0.15) is 0 Å². The van der Waals surface area contributed by atoms with Crippen molar-refractivity contribution < 1.29 is 14.3 Å². The summed E-state index contributed by atoms with van der Waals surface area (Å²) >= 11 is 28.8. The third-order valence-corrected chi connectivity index (χ3v) is 8.47. The van der Waals surface area contributed by atoms with Gasteiger partial charge in [-0.3, -0.25) is 14.5 Å². The number of benzene rings is 4. The summed E-state index contributed by atoms with van der Waals surface area (Å²) in [5.74, 6) is -0.268. The average molecular weight is 722 g/mol.